The molecule has 1 aliphatic rings. The lowest BCUT2D eigenvalue weighted by atomic mass is 10.0. The molecule has 0 radical (unpaired) electrons. The Morgan fingerprint density at radius 2 is 2.16 bits per heavy atom. The Balaban J connectivity index is 1.87. The number of carbonyl (C=O) groups excluding carboxylic acids is 1. The molecule has 3 rings (SSSR count). The van der Waals surface area contributed by atoms with Crippen molar-refractivity contribution in [2.24, 2.45) is 0 Å². The Labute approximate surface area is 147 Å². The number of rotatable bonds is 5. The van der Waals surface area contributed by atoms with E-state index < -0.39 is 10.0 Å². The molecule has 0 spiro atoms. The highest BCUT2D eigenvalue weighted by Crippen LogP contribution is 2.31. The van der Waals surface area contributed by atoms with Gasteiger partial charge in [-0.15, -0.1) is 0 Å². The number of fused-ring (bicyclic) bond motifs is 1. The highest BCUT2D eigenvalue weighted by Gasteiger charge is 2.24. The molecule has 0 aliphatic carbocycles. The van der Waals surface area contributed by atoms with E-state index in [4.69, 9.17) is 0 Å². The molecule has 25 heavy (non-hydrogen) atoms. The van der Waals surface area contributed by atoms with Crippen molar-refractivity contribution in [3.8, 4) is 0 Å². The van der Waals surface area contributed by atoms with Gasteiger partial charge in [-0.3, -0.25) is 14.5 Å². The topological polar surface area (TPSA) is 79.4 Å². The maximum absolute atomic E-state index is 12.7. The largest absolute Gasteiger partial charge is 0.308 e. The molecule has 1 aromatic carbocycles. The number of benzene rings is 1. The Morgan fingerprint density at radius 1 is 1.32 bits per heavy atom. The van der Waals surface area contributed by atoms with Crippen LogP contribution < -0.4 is 9.62 Å². The summed E-state index contributed by atoms with van der Waals surface area (Å²) in [5, 5.41) is 0. The van der Waals surface area contributed by atoms with Crippen molar-refractivity contribution in [3.05, 3.63) is 53.9 Å². The van der Waals surface area contributed by atoms with Crippen LogP contribution in [0.15, 0.2) is 42.7 Å². The van der Waals surface area contributed by atoms with Crippen molar-refractivity contribution in [1.82, 2.24) is 4.98 Å². The van der Waals surface area contributed by atoms with Gasteiger partial charge in [0.1, 0.15) is 0 Å². The minimum Gasteiger partial charge on any atom is -0.308 e. The summed E-state index contributed by atoms with van der Waals surface area (Å²) in [6, 6.07) is 8.83. The molecular weight excluding hydrogens is 338 g/mol. The molecule has 1 aliphatic heterocycles. The first-order chi connectivity index (χ1) is 12.0. The summed E-state index contributed by atoms with van der Waals surface area (Å²) in [5.74, 6) is 0.00348. The van der Waals surface area contributed by atoms with Crippen molar-refractivity contribution in [2.75, 3.05) is 21.9 Å². The number of hydrogen-bond donors (Lipinski definition) is 1. The lowest BCUT2D eigenvalue weighted by Crippen LogP contribution is -2.35. The SMILES string of the molecule is CCCS(=O)(=O)Nc1ccc2c(c1)CCCN2C(=O)c1cccnc1. The molecule has 0 atom stereocenters. The molecule has 2 aromatic rings. The Bertz CT molecular complexity index is 866. The molecule has 1 N–H and O–H groups in total. The van der Waals surface area contributed by atoms with E-state index in [0.29, 0.717) is 24.2 Å². The van der Waals surface area contributed by atoms with Crippen LogP contribution >= 0.6 is 0 Å². The van der Waals surface area contributed by atoms with E-state index in [1.54, 1.807) is 35.5 Å². The maximum atomic E-state index is 12.7. The second-order valence-corrected chi connectivity index (χ2v) is 7.91. The van der Waals surface area contributed by atoms with E-state index in [9.17, 15) is 13.2 Å². The van der Waals surface area contributed by atoms with Gasteiger partial charge in [-0.2, -0.15) is 0 Å². The van der Waals surface area contributed by atoms with Crippen LogP contribution in [-0.4, -0.2) is 31.6 Å². The van der Waals surface area contributed by atoms with Crippen molar-refractivity contribution >= 4 is 27.3 Å². The summed E-state index contributed by atoms with van der Waals surface area (Å²) in [6.07, 6.45) is 5.41. The lowest BCUT2D eigenvalue weighted by molar-refractivity contribution is 0.0984. The fourth-order valence-corrected chi connectivity index (χ4v) is 4.14. The second kappa shape index (κ2) is 7.23. The molecule has 0 fully saturated rings. The number of aromatic nitrogens is 1. The van der Waals surface area contributed by atoms with Crippen molar-refractivity contribution in [2.45, 2.75) is 26.2 Å². The van der Waals surface area contributed by atoms with E-state index in [2.05, 4.69) is 9.71 Å². The second-order valence-electron chi connectivity index (χ2n) is 6.07. The van der Waals surface area contributed by atoms with Crippen molar-refractivity contribution < 1.29 is 13.2 Å². The van der Waals surface area contributed by atoms with Gasteiger partial charge in [-0.1, -0.05) is 6.92 Å². The van der Waals surface area contributed by atoms with Crippen LogP contribution in [0, 0.1) is 0 Å². The van der Waals surface area contributed by atoms with Crippen molar-refractivity contribution in [1.29, 1.82) is 0 Å². The predicted octanol–water partition coefficient (Wildman–Crippen LogP) is 2.83. The number of carbonyl (C=O) groups is 1. The van der Waals surface area contributed by atoms with Crippen LogP contribution in [0.2, 0.25) is 0 Å². The van der Waals surface area contributed by atoms with Gasteiger partial charge in [-0.25, -0.2) is 8.42 Å². The fraction of sp³-hybridized carbons (Fsp3) is 0.333. The molecular formula is C18H21N3O3S. The van der Waals surface area contributed by atoms with Crippen LogP contribution in [0.3, 0.4) is 0 Å². The van der Waals surface area contributed by atoms with Crippen molar-refractivity contribution in [3.63, 3.8) is 0 Å². The summed E-state index contributed by atoms with van der Waals surface area (Å²) < 4.78 is 26.5. The zero-order valence-corrected chi connectivity index (χ0v) is 14.9. The number of anilines is 2. The van der Waals surface area contributed by atoms with Crippen LogP contribution in [0.1, 0.15) is 35.7 Å². The minimum absolute atomic E-state index is 0.0895. The number of aryl methyl sites for hydroxylation is 1. The summed E-state index contributed by atoms with van der Waals surface area (Å²) in [7, 11) is -3.32. The summed E-state index contributed by atoms with van der Waals surface area (Å²) >= 11 is 0. The van der Waals surface area contributed by atoms with Gasteiger partial charge in [0.25, 0.3) is 5.91 Å². The number of nitrogens with one attached hydrogen (secondary N) is 1. The number of pyridine rings is 1. The standard InChI is InChI=1S/C18H21N3O3S/c1-2-11-25(23,24)20-16-7-8-17-14(12-16)6-4-10-21(17)18(22)15-5-3-9-19-13-15/h3,5,7-9,12-13,20H,2,4,6,10-11H2,1H3. The highest BCUT2D eigenvalue weighted by atomic mass is 32.2. The van der Waals surface area contributed by atoms with Crippen LogP contribution in [-0.2, 0) is 16.4 Å². The minimum atomic E-state index is -3.32. The van der Waals surface area contributed by atoms with Gasteiger partial charge >= 0.3 is 0 Å². The number of amides is 1. The Kier molecular flexibility index (Phi) is 5.03. The Morgan fingerprint density at radius 3 is 2.88 bits per heavy atom. The normalized spacial score (nSPS) is 14.0. The summed E-state index contributed by atoms with van der Waals surface area (Å²) in [6.45, 7) is 2.47. The predicted molar refractivity (Wildman–Crippen MR) is 98.4 cm³/mol. The molecule has 132 valence electrons. The number of hydrogen-bond acceptors (Lipinski definition) is 4. The van der Waals surface area contributed by atoms with E-state index in [1.165, 1.54) is 0 Å². The fourth-order valence-electron chi connectivity index (χ4n) is 3.02. The quantitative estimate of drug-likeness (QED) is 0.890. The first kappa shape index (κ1) is 17.4. The molecule has 0 unspecified atom stereocenters. The van der Waals surface area contributed by atoms with Crippen LogP contribution in [0.4, 0.5) is 11.4 Å². The molecule has 0 bridgehead atoms. The molecule has 7 heteroatoms. The molecule has 1 aromatic heterocycles. The first-order valence-electron chi connectivity index (χ1n) is 8.35. The molecule has 0 saturated heterocycles. The molecule has 0 saturated carbocycles. The van der Waals surface area contributed by atoms with Gasteiger partial charge in [0.05, 0.1) is 11.3 Å². The smallest absolute Gasteiger partial charge is 0.259 e. The third kappa shape index (κ3) is 3.99. The van der Waals surface area contributed by atoms with Crippen LogP contribution in [0.25, 0.3) is 0 Å². The number of nitrogens with zero attached hydrogens (tertiary/aromatic N) is 2. The van der Waals surface area contributed by atoms with E-state index in [-0.39, 0.29) is 11.7 Å². The third-order valence-corrected chi connectivity index (χ3v) is 5.59. The average Bonchev–Trinajstić information content (AvgIpc) is 2.60. The number of sulfonamides is 1. The van der Waals surface area contributed by atoms with E-state index in [1.807, 2.05) is 19.1 Å². The summed E-state index contributed by atoms with van der Waals surface area (Å²) in [4.78, 5) is 18.5. The van der Waals surface area contributed by atoms with Gasteiger partial charge < -0.3 is 4.90 Å². The van der Waals surface area contributed by atoms with Gasteiger partial charge in [0.15, 0.2) is 0 Å². The zero-order chi connectivity index (χ0) is 17.9. The van der Waals surface area contributed by atoms with E-state index in [0.717, 1.165) is 24.1 Å². The average molecular weight is 359 g/mol. The first-order valence-corrected chi connectivity index (χ1v) is 10.0. The Hall–Kier alpha value is -2.41. The third-order valence-electron chi connectivity index (χ3n) is 4.10. The van der Waals surface area contributed by atoms with Crippen LogP contribution in [0.5, 0.6) is 0 Å². The molecule has 6 nitrogen and oxygen atoms in total. The summed E-state index contributed by atoms with van der Waals surface area (Å²) in [5.41, 5.74) is 2.89. The highest BCUT2D eigenvalue weighted by molar-refractivity contribution is 7.92. The molecule has 1 amide bonds. The zero-order valence-electron chi connectivity index (χ0n) is 14.1. The van der Waals surface area contributed by atoms with Gasteiger partial charge in [0, 0.05) is 30.3 Å². The monoisotopic (exact) mass is 359 g/mol. The van der Waals surface area contributed by atoms with Gasteiger partial charge in [-0.05, 0) is 55.2 Å². The maximum Gasteiger partial charge on any atom is 0.259 e. The van der Waals surface area contributed by atoms with E-state index >= 15 is 0 Å². The molecule has 2 heterocycles. The lowest BCUT2D eigenvalue weighted by Gasteiger charge is -2.30. The van der Waals surface area contributed by atoms with Gasteiger partial charge in [0.2, 0.25) is 10.0 Å².